The molecule has 1 aliphatic heterocycles. The third-order valence-electron chi connectivity index (χ3n) is 2.83. The fourth-order valence-corrected chi connectivity index (χ4v) is 2.29. The highest BCUT2D eigenvalue weighted by Gasteiger charge is 2.22. The van der Waals surface area contributed by atoms with Crippen LogP contribution in [-0.4, -0.2) is 31.4 Å². The normalized spacial score (nSPS) is 13.8. The summed E-state index contributed by atoms with van der Waals surface area (Å²) in [5.41, 5.74) is 0.648. The first-order valence-corrected chi connectivity index (χ1v) is 6.38. The summed E-state index contributed by atoms with van der Waals surface area (Å²) in [4.78, 5) is 10.7. The smallest absolute Gasteiger partial charge is 0.303 e. The summed E-state index contributed by atoms with van der Waals surface area (Å²) >= 11 is 6.13. The molecule has 0 radical (unpaired) electrons. The van der Waals surface area contributed by atoms with Gasteiger partial charge in [-0.1, -0.05) is 11.6 Å². The summed E-state index contributed by atoms with van der Waals surface area (Å²) in [5.74, 6) is 0.654. The van der Waals surface area contributed by atoms with E-state index in [1.807, 2.05) is 0 Å². The van der Waals surface area contributed by atoms with E-state index in [-0.39, 0.29) is 12.8 Å². The summed E-state index contributed by atoms with van der Waals surface area (Å²) < 4.78 is 16.5. The molecule has 0 saturated carbocycles. The van der Waals surface area contributed by atoms with Crippen LogP contribution >= 0.6 is 11.6 Å². The van der Waals surface area contributed by atoms with Crippen molar-refractivity contribution in [1.29, 1.82) is 0 Å². The monoisotopic (exact) mass is 286 g/mol. The van der Waals surface area contributed by atoms with E-state index < -0.39 is 5.97 Å². The van der Waals surface area contributed by atoms with Gasteiger partial charge in [0.05, 0.1) is 25.3 Å². The Morgan fingerprint density at radius 2 is 2.21 bits per heavy atom. The highest BCUT2D eigenvalue weighted by atomic mass is 35.5. The molecular formula is C13H15ClO5. The van der Waals surface area contributed by atoms with Crippen LogP contribution in [0.4, 0.5) is 0 Å². The molecule has 1 heterocycles. The second-order valence-electron chi connectivity index (χ2n) is 4.14. The lowest BCUT2D eigenvalue weighted by atomic mass is 10.1. The van der Waals surface area contributed by atoms with Gasteiger partial charge in [-0.3, -0.25) is 4.79 Å². The number of carboxylic acids is 1. The number of ether oxygens (including phenoxy) is 3. The van der Waals surface area contributed by atoms with Gasteiger partial charge in [0, 0.05) is 24.5 Å². The number of methoxy groups -OCH3 is 1. The molecule has 5 nitrogen and oxygen atoms in total. The van der Waals surface area contributed by atoms with E-state index in [1.165, 1.54) is 7.11 Å². The van der Waals surface area contributed by atoms with Gasteiger partial charge < -0.3 is 19.3 Å². The minimum absolute atomic E-state index is 0.0213. The summed E-state index contributed by atoms with van der Waals surface area (Å²) in [5, 5.41) is 9.22. The van der Waals surface area contributed by atoms with E-state index in [1.54, 1.807) is 6.07 Å². The zero-order chi connectivity index (χ0) is 13.8. The molecule has 0 aliphatic carbocycles. The van der Waals surface area contributed by atoms with Crippen molar-refractivity contribution in [2.45, 2.75) is 19.3 Å². The zero-order valence-electron chi connectivity index (χ0n) is 10.6. The van der Waals surface area contributed by atoms with Crippen LogP contribution in [0.5, 0.6) is 17.2 Å². The first-order chi connectivity index (χ1) is 9.13. The topological polar surface area (TPSA) is 65.0 Å². The minimum Gasteiger partial charge on any atom is -0.495 e. The van der Waals surface area contributed by atoms with E-state index in [9.17, 15) is 4.79 Å². The second-order valence-corrected chi connectivity index (χ2v) is 4.55. The van der Waals surface area contributed by atoms with Gasteiger partial charge in [-0.2, -0.15) is 0 Å². The lowest BCUT2D eigenvalue weighted by molar-refractivity contribution is -0.136. The molecule has 2 rings (SSSR count). The number of halogens is 1. The number of carbonyl (C=O) groups is 1. The number of rotatable bonds is 4. The van der Waals surface area contributed by atoms with Gasteiger partial charge in [0.15, 0.2) is 11.5 Å². The predicted molar refractivity (Wildman–Crippen MR) is 69.6 cm³/mol. The van der Waals surface area contributed by atoms with E-state index in [0.717, 1.165) is 6.42 Å². The van der Waals surface area contributed by atoms with Crippen LogP contribution in [0.3, 0.4) is 0 Å². The number of hydrogen-bond donors (Lipinski definition) is 1. The maximum Gasteiger partial charge on any atom is 0.303 e. The Bertz CT molecular complexity index is 486. The molecule has 0 saturated heterocycles. The van der Waals surface area contributed by atoms with Crippen molar-refractivity contribution in [1.82, 2.24) is 0 Å². The molecule has 0 bridgehead atoms. The molecular weight excluding hydrogens is 272 g/mol. The second kappa shape index (κ2) is 6.02. The SMILES string of the molecule is COc1c(Cl)cc2c(c1CCC(=O)O)OCCCO2. The Labute approximate surface area is 116 Å². The highest BCUT2D eigenvalue weighted by Crippen LogP contribution is 2.44. The van der Waals surface area contributed by atoms with Gasteiger partial charge in [-0.05, 0) is 6.42 Å². The number of carboxylic acid groups (broad SMARTS) is 1. The number of fused-ring (bicyclic) bond motifs is 1. The van der Waals surface area contributed by atoms with Gasteiger partial charge in [0.2, 0.25) is 0 Å². The van der Waals surface area contributed by atoms with Crippen molar-refractivity contribution in [3.05, 3.63) is 16.7 Å². The number of hydrogen-bond acceptors (Lipinski definition) is 4. The van der Waals surface area contributed by atoms with Crippen molar-refractivity contribution < 1.29 is 24.1 Å². The fraction of sp³-hybridized carbons (Fsp3) is 0.462. The quantitative estimate of drug-likeness (QED) is 0.921. The third kappa shape index (κ3) is 3.04. The molecule has 0 spiro atoms. The van der Waals surface area contributed by atoms with Crippen LogP contribution in [0.15, 0.2) is 6.07 Å². The number of aliphatic carboxylic acids is 1. The first kappa shape index (κ1) is 13.8. The maximum atomic E-state index is 10.7. The van der Waals surface area contributed by atoms with Crippen molar-refractivity contribution in [3.8, 4) is 17.2 Å². The molecule has 0 aromatic heterocycles. The van der Waals surface area contributed by atoms with Gasteiger partial charge in [-0.25, -0.2) is 0 Å². The molecule has 1 aliphatic rings. The van der Waals surface area contributed by atoms with E-state index in [2.05, 4.69) is 0 Å². The van der Waals surface area contributed by atoms with E-state index in [4.69, 9.17) is 30.9 Å². The van der Waals surface area contributed by atoms with Crippen LogP contribution in [0, 0.1) is 0 Å². The van der Waals surface area contributed by atoms with Crippen LogP contribution in [0.25, 0.3) is 0 Å². The average Bonchev–Trinajstić information content (AvgIpc) is 2.60. The van der Waals surface area contributed by atoms with Crippen molar-refractivity contribution in [2.24, 2.45) is 0 Å². The van der Waals surface area contributed by atoms with Crippen LogP contribution in [0.2, 0.25) is 5.02 Å². The molecule has 6 heteroatoms. The largest absolute Gasteiger partial charge is 0.495 e. The van der Waals surface area contributed by atoms with Crippen LogP contribution in [-0.2, 0) is 11.2 Å². The minimum atomic E-state index is -0.884. The molecule has 0 amide bonds. The first-order valence-electron chi connectivity index (χ1n) is 6.00. The summed E-state index contributed by atoms with van der Waals surface area (Å²) in [6, 6.07) is 1.64. The van der Waals surface area contributed by atoms with Gasteiger partial charge in [-0.15, -0.1) is 0 Å². The van der Waals surface area contributed by atoms with E-state index >= 15 is 0 Å². The molecule has 0 atom stereocenters. The Hall–Kier alpha value is -1.62. The number of benzene rings is 1. The van der Waals surface area contributed by atoms with E-state index in [0.29, 0.717) is 41.0 Å². The molecule has 104 valence electrons. The summed E-state index contributed by atoms with van der Waals surface area (Å²) in [7, 11) is 1.50. The van der Waals surface area contributed by atoms with Crippen molar-refractivity contribution in [3.63, 3.8) is 0 Å². The Morgan fingerprint density at radius 1 is 1.47 bits per heavy atom. The Kier molecular flexibility index (Phi) is 4.37. The molecule has 1 aromatic carbocycles. The maximum absolute atomic E-state index is 10.7. The Morgan fingerprint density at radius 3 is 2.89 bits per heavy atom. The molecule has 1 N–H and O–H groups in total. The zero-order valence-corrected chi connectivity index (χ0v) is 11.3. The molecule has 0 unspecified atom stereocenters. The fourth-order valence-electron chi connectivity index (χ4n) is 2.00. The lowest BCUT2D eigenvalue weighted by Gasteiger charge is -2.17. The summed E-state index contributed by atoms with van der Waals surface area (Å²) in [6.45, 7) is 1.08. The van der Waals surface area contributed by atoms with Crippen molar-refractivity contribution in [2.75, 3.05) is 20.3 Å². The molecule has 1 aromatic rings. The summed E-state index contributed by atoms with van der Waals surface area (Å²) in [6.07, 6.45) is 1.03. The van der Waals surface area contributed by atoms with Gasteiger partial charge in [0.1, 0.15) is 5.75 Å². The van der Waals surface area contributed by atoms with Gasteiger partial charge >= 0.3 is 5.97 Å². The lowest BCUT2D eigenvalue weighted by Crippen LogP contribution is -2.04. The molecule has 19 heavy (non-hydrogen) atoms. The third-order valence-corrected chi connectivity index (χ3v) is 3.11. The average molecular weight is 287 g/mol. The highest BCUT2D eigenvalue weighted by molar-refractivity contribution is 6.32. The Balaban J connectivity index is 2.45. The predicted octanol–water partition coefficient (Wildman–Crippen LogP) is 2.53. The molecule has 0 fully saturated rings. The van der Waals surface area contributed by atoms with Crippen LogP contribution in [0.1, 0.15) is 18.4 Å². The standard InChI is InChI=1S/C13H15ClO5/c1-17-12-8(3-4-11(15)16)13-10(7-9(12)14)18-5-2-6-19-13/h7H,2-6H2,1H3,(H,15,16). The van der Waals surface area contributed by atoms with Gasteiger partial charge in [0.25, 0.3) is 0 Å². The van der Waals surface area contributed by atoms with Crippen LogP contribution < -0.4 is 14.2 Å². The van der Waals surface area contributed by atoms with Crippen molar-refractivity contribution >= 4 is 17.6 Å².